The van der Waals surface area contributed by atoms with Gasteiger partial charge < -0.3 is 11.1 Å². The number of thioether (sulfide) groups is 1. The molecule has 0 aliphatic carbocycles. The summed E-state index contributed by atoms with van der Waals surface area (Å²) in [4.78, 5) is 8.00. The molecule has 0 amide bonds. The van der Waals surface area contributed by atoms with Crippen LogP contribution >= 0.6 is 11.8 Å². The molecule has 5 heteroatoms. The minimum Gasteiger partial charge on any atom is -0.382 e. The lowest BCUT2D eigenvalue weighted by Crippen LogP contribution is -2.05. The summed E-state index contributed by atoms with van der Waals surface area (Å²) < 4.78 is 0. The number of nitrogens with one attached hydrogen (secondary N) is 1. The molecular formula is C8H14N4S. The second-order valence-electron chi connectivity index (χ2n) is 2.60. The Morgan fingerprint density at radius 1 is 1.54 bits per heavy atom. The van der Waals surface area contributed by atoms with Crippen molar-refractivity contribution >= 4 is 23.4 Å². The second-order valence-corrected chi connectivity index (χ2v) is 3.59. The molecule has 3 N–H and O–H groups in total. The van der Waals surface area contributed by atoms with Crippen LogP contribution in [0.25, 0.3) is 0 Å². The highest BCUT2D eigenvalue weighted by atomic mass is 32.2. The number of hydrogen-bond acceptors (Lipinski definition) is 5. The summed E-state index contributed by atoms with van der Waals surface area (Å²) in [6.45, 7) is 0.916. The summed E-state index contributed by atoms with van der Waals surface area (Å²) in [6.07, 6.45) is 6.43. The lowest BCUT2D eigenvalue weighted by molar-refractivity contribution is 0.978. The van der Waals surface area contributed by atoms with Crippen molar-refractivity contribution in [2.24, 2.45) is 0 Å². The van der Waals surface area contributed by atoms with Gasteiger partial charge >= 0.3 is 0 Å². The fourth-order valence-corrected chi connectivity index (χ4v) is 1.33. The first kappa shape index (κ1) is 10.1. The number of nitrogens with two attached hydrogens (primary N) is 1. The summed E-state index contributed by atoms with van der Waals surface area (Å²) in [7, 11) is 0. The third-order valence-corrected chi connectivity index (χ3v) is 2.18. The van der Waals surface area contributed by atoms with E-state index in [0.29, 0.717) is 5.82 Å². The summed E-state index contributed by atoms with van der Waals surface area (Å²) >= 11 is 1.84. The number of nitrogen functional groups attached to an aromatic ring is 1. The van der Waals surface area contributed by atoms with E-state index in [4.69, 9.17) is 5.73 Å². The molecule has 0 unspecified atom stereocenters. The van der Waals surface area contributed by atoms with Gasteiger partial charge in [0.05, 0.1) is 12.4 Å². The first-order valence-electron chi connectivity index (χ1n) is 4.13. The molecule has 1 rings (SSSR count). The van der Waals surface area contributed by atoms with Crippen LogP contribution in [-0.2, 0) is 0 Å². The third kappa shape index (κ3) is 3.98. The van der Waals surface area contributed by atoms with Crippen molar-refractivity contribution in [2.45, 2.75) is 6.42 Å². The molecule has 13 heavy (non-hydrogen) atoms. The van der Waals surface area contributed by atoms with Crippen molar-refractivity contribution in [3.63, 3.8) is 0 Å². The van der Waals surface area contributed by atoms with Crippen LogP contribution in [0, 0.1) is 0 Å². The van der Waals surface area contributed by atoms with Crippen LogP contribution in [-0.4, -0.2) is 28.5 Å². The van der Waals surface area contributed by atoms with Gasteiger partial charge in [-0.2, -0.15) is 11.8 Å². The van der Waals surface area contributed by atoms with Gasteiger partial charge in [0, 0.05) is 6.54 Å². The Morgan fingerprint density at radius 2 is 2.38 bits per heavy atom. The van der Waals surface area contributed by atoms with Gasteiger partial charge in [-0.1, -0.05) is 0 Å². The summed E-state index contributed by atoms with van der Waals surface area (Å²) in [6, 6.07) is 0. The fraction of sp³-hybridized carbons (Fsp3) is 0.500. The average molecular weight is 198 g/mol. The van der Waals surface area contributed by atoms with Gasteiger partial charge in [-0.15, -0.1) is 0 Å². The van der Waals surface area contributed by atoms with Crippen LogP contribution in [0.1, 0.15) is 6.42 Å². The first-order valence-corrected chi connectivity index (χ1v) is 5.52. The summed E-state index contributed by atoms with van der Waals surface area (Å²) in [5.41, 5.74) is 5.47. The molecule has 0 bridgehead atoms. The molecule has 1 aromatic heterocycles. The van der Waals surface area contributed by atoms with Crippen LogP contribution in [0.3, 0.4) is 0 Å². The normalized spacial score (nSPS) is 9.92. The molecule has 72 valence electrons. The Kier molecular flexibility index (Phi) is 4.39. The average Bonchev–Trinajstić information content (AvgIpc) is 2.13. The van der Waals surface area contributed by atoms with E-state index >= 15 is 0 Å². The van der Waals surface area contributed by atoms with Crippen LogP contribution in [0.4, 0.5) is 11.6 Å². The molecular weight excluding hydrogens is 184 g/mol. The lowest BCUT2D eigenvalue weighted by Gasteiger charge is -2.03. The van der Waals surface area contributed by atoms with Gasteiger partial charge in [0.1, 0.15) is 11.6 Å². The van der Waals surface area contributed by atoms with E-state index in [1.54, 1.807) is 6.20 Å². The quantitative estimate of drug-likeness (QED) is 0.697. The van der Waals surface area contributed by atoms with Crippen molar-refractivity contribution in [1.29, 1.82) is 0 Å². The molecule has 0 atom stereocenters. The first-order chi connectivity index (χ1) is 6.33. The zero-order chi connectivity index (χ0) is 9.52. The molecule has 0 saturated heterocycles. The standard InChI is InChI=1S/C8H14N4S/c1-13-4-2-3-11-8-6-10-5-7(9)12-8/h5-6H,2-4H2,1H3,(H3,9,11,12). The zero-order valence-electron chi connectivity index (χ0n) is 7.66. The number of nitrogens with zero attached hydrogens (tertiary/aromatic N) is 2. The van der Waals surface area contributed by atoms with Crippen LogP contribution in [0.5, 0.6) is 0 Å². The molecule has 1 heterocycles. The van der Waals surface area contributed by atoms with Gasteiger partial charge in [-0.05, 0) is 18.4 Å². The number of rotatable bonds is 5. The van der Waals surface area contributed by atoms with E-state index in [2.05, 4.69) is 21.5 Å². The number of hydrogen-bond donors (Lipinski definition) is 2. The van der Waals surface area contributed by atoms with Crippen LogP contribution < -0.4 is 11.1 Å². The maximum absolute atomic E-state index is 5.47. The zero-order valence-corrected chi connectivity index (χ0v) is 8.47. The Hall–Kier alpha value is -0.970. The monoisotopic (exact) mass is 198 g/mol. The van der Waals surface area contributed by atoms with Gasteiger partial charge in [0.25, 0.3) is 0 Å². The fourth-order valence-electron chi connectivity index (χ4n) is 0.899. The molecule has 0 aliphatic heterocycles. The van der Waals surface area contributed by atoms with Crippen molar-refractivity contribution in [2.75, 3.05) is 29.6 Å². The van der Waals surface area contributed by atoms with E-state index in [0.717, 1.165) is 24.5 Å². The predicted molar refractivity (Wildman–Crippen MR) is 57.9 cm³/mol. The van der Waals surface area contributed by atoms with E-state index in [-0.39, 0.29) is 0 Å². The van der Waals surface area contributed by atoms with Crippen molar-refractivity contribution in [3.05, 3.63) is 12.4 Å². The minimum atomic E-state index is 0.454. The third-order valence-electron chi connectivity index (χ3n) is 1.48. The van der Waals surface area contributed by atoms with Gasteiger partial charge in [-0.25, -0.2) is 4.98 Å². The van der Waals surface area contributed by atoms with Gasteiger partial charge in [0.2, 0.25) is 0 Å². The van der Waals surface area contributed by atoms with E-state index in [1.807, 2.05) is 11.8 Å². The van der Waals surface area contributed by atoms with E-state index in [1.165, 1.54) is 6.20 Å². The number of aromatic nitrogens is 2. The Bertz CT molecular complexity index is 254. The maximum atomic E-state index is 5.47. The molecule has 0 spiro atoms. The van der Waals surface area contributed by atoms with Crippen molar-refractivity contribution in [1.82, 2.24) is 9.97 Å². The lowest BCUT2D eigenvalue weighted by atomic mass is 10.5. The highest BCUT2D eigenvalue weighted by Crippen LogP contribution is 2.03. The topological polar surface area (TPSA) is 63.8 Å². The predicted octanol–water partition coefficient (Wildman–Crippen LogP) is 1.22. The summed E-state index contributed by atoms with van der Waals surface area (Å²) in [5.74, 6) is 2.36. The molecule has 0 fully saturated rings. The Morgan fingerprint density at radius 3 is 3.08 bits per heavy atom. The minimum absolute atomic E-state index is 0.454. The SMILES string of the molecule is CSCCCNc1cncc(N)n1. The van der Waals surface area contributed by atoms with Crippen molar-refractivity contribution in [3.8, 4) is 0 Å². The number of anilines is 2. The van der Waals surface area contributed by atoms with Gasteiger partial charge in [-0.3, -0.25) is 4.98 Å². The highest BCUT2D eigenvalue weighted by Gasteiger charge is 1.93. The highest BCUT2D eigenvalue weighted by molar-refractivity contribution is 7.98. The largest absolute Gasteiger partial charge is 0.382 e. The second kappa shape index (κ2) is 5.64. The molecule has 0 radical (unpaired) electrons. The van der Waals surface area contributed by atoms with Crippen LogP contribution in [0.15, 0.2) is 12.4 Å². The molecule has 4 nitrogen and oxygen atoms in total. The van der Waals surface area contributed by atoms with Crippen LogP contribution in [0.2, 0.25) is 0 Å². The Balaban J connectivity index is 2.28. The van der Waals surface area contributed by atoms with E-state index in [9.17, 15) is 0 Å². The van der Waals surface area contributed by atoms with Gasteiger partial charge in [0.15, 0.2) is 0 Å². The molecule has 0 aliphatic rings. The molecule has 1 aromatic rings. The maximum Gasteiger partial charge on any atom is 0.146 e. The Labute approximate surface area is 82.3 Å². The smallest absolute Gasteiger partial charge is 0.146 e. The van der Waals surface area contributed by atoms with Crippen molar-refractivity contribution < 1.29 is 0 Å². The summed E-state index contributed by atoms with van der Waals surface area (Å²) in [5, 5.41) is 3.15. The van der Waals surface area contributed by atoms with E-state index < -0.39 is 0 Å². The molecule has 0 aromatic carbocycles. The molecule has 0 saturated carbocycles.